The van der Waals surface area contributed by atoms with Gasteiger partial charge in [0.15, 0.2) is 0 Å². The number of rotatable bonds is 4. The fourth-order valence-electron chi connectivity index (χ4n) is 3.00. The highest BCUT2D eigenvalue weighted by Crippen LogP contribution is 2.47. The molecule has 3 rings (SSSR count). The number of sulfonamides is 1. The van der Waals surface area contributed by atoms with Gasteiger partial charge in [0.25, 0.3) is 0 Å². The molecule has 1 saturated heterocycles. The van der Waals surface area contributed by atoms with E-state index >= 15 is 0 Å². The van der Waals surface area contributed by atoms with E-state index in [-0.39, 0.29) is 10.9 Å². The Morgan fingerprint density at radius 2 is 1.62 bits per heavy atom. The first-order valence-corrected chi connectivity index (χ1v) is 14.3. The van der Waals surface area contributed by atoms with Gasteiger partial charge < -0.3 is 4.74 Å². The van der Waals surface area contributed by atoms with E-state index in [4.69, 9.17) is 4.74 Å². The number of hydrogen-bond donors (Lipinski definition) is 0. The van der Waals surface area contributed by atoms with Crippen LogP contribution in [0.25, 0.3) is 0 Å². The molecule has 1 unspecified atom stereocenters. The van der Waals surface area contributed by atoms with Gasteiger partial charge in [0.1, 0.15) is 19.9 Å². The van der Waals surface area contributed by atoms with Crippen molar-refractivity contribution in [3.05, 3.63) is 59.7 Å². The van der Waals surface area contributed by atoms with Crippen LogP contribution in [0.1, 0.15) is 24.1 Å². The Labute approximate surface area is 173 Å². The number of hydrogen-bond acceptors (Lipinski definition) is 4. The van der Waals surface area contributed by atoms with Crippen molar-refractivity contribution >= 4 is 24.1 Å². The average Bonchev–Trinajstić information content (AvgIpc) is 3.35. The van der Waals surface area contributed by atoms with Crippen molar-refractivity contribution < 1.29 is 17.9 Å². The van der Waals surface area contributed by atoms with E-state index in [2.05, 4.69) is 31.1 Å². The molecular formula is C22H25NO4SSi. The van der Waals surface area contributed by atoms with Crippen LogP contribution in [0, 0.1) is 18.4 Å². The van der Waals surface area contributed by atoms with Crippen molar-refractivity contribution in [1.29, 1.82) is 0 Å². The first-order valence-electron chi connectivity index (χ1n) is 9.40. The summed E-state index contributed by atoms with van der Waals surface area (Å²) in [6.07, 6.45) is 0. The SMILES string of the molecule is CC(=O)Oc1ccc([C@@H]2[C@H](C#C[Si](C)(C)C)N2S(=O)(=O)c2ccc(C)cc2)cc1. The fourth-order valence-corrected chi connectivity index (χ4v) is 5.26. The topological polar surface area (TPSA) is 63.5 Å². The second kappa shape index (κ2) is 7.79. The maximum atomic E-state index is 13.2. The number of carbonyl (C=O) groups is 1. The van der Waals surface area contributed by atoms with Crippen molar-refractivity contribution in [1.82, 2.24) is 4.31 Å². The first kappa shape index (κ1) is 21.3. The summed E-state index contributed by atoms with van der Waals surface area (Å²) in [5.41, 5.74) is 5.12. The van der Waals surface area contributed by atoms with E-state index in [1.165, 1.54) is 11.2 Å². The van der Waals surface area contributed by atoms with Crippen LogP contribution in [0.4, 0.5) is 0 Å². The highest BCUT2D eigenvalue weighted by atomic mass is 32.2. The fraction of sp³-hybridized carbons (Fsp3) is 0.318. The summed E-state index contributed by atoms with van der Waals surface area (Å²) in [5.74, 6) is 3.24. The normalized spacial score (nSPS) is 21.1. The smallest absolute Gasteiger partial charge is 0.308 e. The molecule has 2 aromatic carbocycles. The summed E-state index contributed by atoms with van der Waals surface area (Å²) in [4.78, 5) is 11.4. The summed E-state index contributed by atoms with van der Waals surface area (Å²) < 4.78 is 33.0. The number of aryl methyl sites for hydroxylation is 1. The van der Waals surface area contributed by atoms with Crippen molar-refractivity contribution in [3.8, 4) is 17.2 Å². The molecule has 1 aliphatic heterocycles. The van der Waals surface area contributed by atoms with E-state index in [9.17, 15) is 13.2 Å². The Kier molecular flexibility index (Phi) is 5.72. The van der Waals surface area contributed by atoms with Gasteiger partial charge in [-0.2, -0.15) is 4.31 Å². The molecule has 0 spiro atoms. The van der Waals surface area contributed by atoms with Gasteiger partial charge in [-0.15, -0.1) is 5.54 Å². The van der Waals surface area contributed by atoms with E-state index in [1.807, 2.05) is 6.92 Å². The Morgan fingerprint density at radius 3 is 2.14 bits per heavy atom. The maximum absolute atomic E-state index is 13.2. The quantitative estimate of drug-likeness (QED) is 0.244. The minimum atomic E-state index is -3.66. The van der Waals surface area contributed by atoms with Crippen molar-refractivity contribution in [2.75, 3.05) is 0 Å². The van der Waals surface area contributed by atoms with Gasteiger partial charge in [0.05, 0.1) is 10.9 Å². The first-order chi connectivity index (χ1) is 13.5. The third kappa shape index (κ3) is 4.96. The predicted octanol–water partition coefficient (Wildman–Crippen LogP) is 3.92. The van der Waals surface area contributed by atoms with E-state index in [0.29, 0.717) is 5.75 Å². The molecule has 1 fully saturated rings. The zero-order valence-electron chi connectivity index (χ0n) is 17.3. The molecule has 0 aromatic heterocycles. The molecule has 0 bridgehead atoms. The second-order valence-corrected chi connectivity index (χ2v) is 14.8. The summed E-state index contributed by atoms with van der Waals surface area (Å²) in [5, 5.41) is 0. The number of carbonyl (C=O) groups excluding carboxylic acids is 1. The lowest BCUT2D eigenvalue weighted by Crippen LogP contribution is -2.18. The molecule has 1 heterocycles. The van der Waals surface area contributed by atoms with E-state index in [1.54, 1.807) is 48.5 Å². The highest BCUT2D eigenvalue weighted by Gasteiger charge is 2.55. The van der Waals surface area contributed by atoms with Gasteiger partial charge in [0, 0.05) is 6.92 Å². The molecule has 1 aliphatic rings. The minimum absolute atomic E-state index is 0.266. The van der Waals surface area contributed by atoms with Crippen LogP contribution in [0.15, 0.2) is 53.4 Å². The number of ether oxygens (including phenoxy) is 1. The summed E-state index contributed by atoms with van der Waals surface area (Å²) >= 11 is 0. The van der Waals surface area contributed by atoms with Gasteiger partial charge in [-0.3, -0.25) is 4.79 Å². The van der Waals surface area contributed by atoms with E-state index < -0.39 is 30.1 Å². The largest absolute Gasteiger partial charge is 0.427 e. The third-order valence-electron chi connectivity index (χ3n) is 4.43. The minimum Gasteiger partial charge on any atom is -0.427 e. The number of nitrogens with zero attached hydrogens (tertiary/aromatic N) is 1. The summed E-state index contributed by atoms with van der Waals surface area (Å²) in [6.45, 7) is 9.65. The highest BCUT2D eigenvalue weighted by molar-refractivity contribution is 7.89. The molecule has 0 N–H and O–H groups in total. The van der Waals surface area contributed by atoms with Crippen LogP contribution in [-0.2, 0) is 14.8 Å². The van der Waals surface area contributed by atoms with Gasteiger partial charge in [0.2, 0.25) is 10.0 Å². The molecule has 0 radical (unpaired) electrons. The maximum Gasteiger partial charge on any atom is 0.308 e. The zero-order valence-corrected chi connectivity index (χ0v) is 19.1. The monoisotopic (exact) mass is 427 g/mol. The molecule has 152 valence electrons. The van der Waals surface area contributed by atoms with Crippen LogP contribution < -0.4 is 4.74 Å². The van der Waals surface area contributed by atoms with E-state index in [0.717, 1.165) is 11.1 Å². The van der Waals surface area contributed by atoms with Crippen molar-refractivity contribution in [3.63, 3.8) is 0 Å². The van der Waals surface area contributed by atoms with Crippen LogP contribution in [0.5, 0.6) is 5.75 Å². The van der Waals surface area contributed by atoms with Crippen LogP contribution in [-0.4, -0.2) is 32.8 Å². The van der Waals surface area contributed by atoms with Crippen LogP contribution in [0.3, 0.4) is 0 Å². The lowest BCUT2D eigenvalue weighted by atomic mass is 10.1. The molecule has 5 nitrogen and oxygen atoms in total. The lowest BCUT2D eigenvalue weighted by molar-refractivity contribution is -0.131. The van der Waals surface area contributed by atoms with Crippen LogP contribution in [0.2, 0.25) is 19.6 Å². The predicted molar refractivity (Wildman–Crippen MR) is 116 cm³/mol. The van der Waals surface area contributed by atoms with Gasteiger partial charge in [-0.25, -0.2) is 8.42 Å². The van der Waals surface area contributed by atoms with Crippen molar-refractivity contribution in [2.45, 2.75) is 50.5 Å². The number of benzene rings is 2. The molecule has 29 heavy (non-hydrogen) atoms. The van der Waals surface area contributed by atoms with Crippen LogP contribution >= 0.6 is 0 Å². The van der Waals surface area contributed by atoms with Gasteiger partial charge in [-0.05, 0) is 36.8 Å². The standard InChI is InChI=1S/C22H25NO4SSi/c1-16-6-12-20(13-7-16)28(25,26)23-21(14-15-29(3,4)5)22(23)18-8-10-19(11-9-18)27-17(2)24/h6-13,21-22H,1-5H3/t21-,22+,23?/m0/s1. The average molecular weight is 428 g/mol. The lowest BCUT2D eigenvalue weighted by Gasteiger charge is -2.07. The van der Waals surface area contributed by atoms with Crippen molar-refractivity contribution in [2.24, 2.45) is 0 Å². The zero-order chi connectivity index (χ0) is 21.4. The Hall–Kier alpha value is -2.40. The molecule has 0 saturated carbocycles. The molecule has 2 aromatic rings. The molecule has 7 heteroatoms. The van der Waals surface area contributed by atoms with Gasteiger partial charge in [-0.1, -0.05) is 55.4 Å². The molecule has 0 amide bonds. The van der Waals surface area contributed by atoms with Gasteiger partial charge >= 0.3 is 5.97 Å². The Morgan fingerprint density at radius 1 is 1.03 bits per heavy atom. The molecule has 0 aliphatic carbocycles. The third-order valence-corrected chi connectivity index (χ3v) is 7.20. The Balaban J connectivity index is 1.95. The summed E-state index contributed by atoms with van der Waals surface area (Å²) in [6, 6.07) is 13.0. The molecular weight excluding hydrogens is 402 g/mol. The number of esters is 1. The second-order valence-electron chi connectivity index (χ2n) is 8.22. The molecule has 3 atom stereocenters. The summed E-state index contributed by atoms with van der Waals surface area (Å²) in [7, 11) is -5.32. The Bertz CT molecular complexity index is 1070.